The van der Waals surface area contributed by atoms with Gasteiger partial charge in [-0.3, -0.25) is 0 Å². The highest BCUT2D eigenvalue weighted by atomic mass is 14.7. The maximum absolute atomic E-state index is 6.36. The summed E-state index contributed by atoms with van der Waals surface area (Å²) in [6, 6.07) is 0.495. The van der Waals surface area contributed by atoms with Gasteiger partial charge in [0.05, 0.1) is 0 Å². The van der Waals surface area contributed by atoms with Crippen molar-refractivity contribution >= 4 is 0 Å². The van der Waals surface area contributed by atoms with Crippen LogP contribution >= 0.6 is 0 Å². The van der Waals surface area contributed by atoms with Crippen LogP contribution in [0.4, 0.5) is 0 Å². The van der Waals surface area contributed by atoms with Gasteiger partial charge in [-0.25, -0.2) is 0 Å². The van der Waals surface area contributed by atoms with E-state index in [4.69, 9.17) is 5.73 Å². The lowest BCUT2D eigenvalue weighted by atomic mass is 9.44. The molecule has 1 nitrogen and oxygen atoms in total. The SMILES string of the molecule is CCC[C@@H](C)[C@H]1CCC2C3CCC4CC(N)CC[C@]4(C)C3CC[C@@]21C. The molecule has 0 bridgehead atoms. The van der Waals surface area contributed by atoms with Gasteiger partial charge >= 0.3 is 0 Å². The van der Waals surface area contributed by atoms with Gasteiger partial charge in [0.25, 0.3) is 0 Å². The molecule has 144 valence electrons. The first-order chi connectivity index (χ1) is 11.9. The topological polar surface area (TPSA) is 26.0 Å². The average molecular weight is 346 g/mol. The highest BCUT2D eigenvalue weighted by Gasteiger charge is 2.60. The van der Waals surface area contributed by atoms with Crippen LogP contribution in [0.5, 0.6) is 0 Å². The molecule has 0 saturated heterocycles. The van der Waals surface area contributed by atoms with Gasteiger partial charge in [0.1, 0.15) is 0 Å². The number of rotatable bonds is 3. The fourth-order valence-corrected chi connectivity index (χ4v) is 8.92. The van der Waals surface area contributed by atoms with E-state index in [1.165, 1.54) is 70.6 Å². The summed E-state index contributed by atoms with van der Waals surface area (Å²) in [5.41, 5.74) is 7.63. The largest absolute Gasteiger partial charge is 0.328 e. The molecule has 0 aliphatic heterocycles. The molecule has 0 amide bonds. The van der Waals surface area contributed by atoms with Gasteiger partial charge in [0, 0.05) is 6.04 Å². The van der Waals surface area contributed by atoms with Crippen molar-refractivity contribution in [2.45, 2.75) is 104 Å². The Morgan fingerprint density at radius 3 is 2.40 bits per heavy atom. The summed E-state index contributed by atoms with van der Waals surface area (Å²) in [6.07, 6.45) is 15.9. The summed E-state index contributed by atoms with van der Waals surface area (Å²) in [5, 5.41) is 0. The molecule has 4 aliphatic rings. The van der Waals surface area contributed by atoms with E-state index < -0.39 is 0 Å². The molecule has 2 N–H and O–H groups in total. The Hall–Kier alpha value is -0.0400. The molecular weight excluding hydrogens is 302 g/mol. The second-order valence-electron chi connectivity index (χ2n) is 11.2. The van der Waals surface area contributed by atoms with Crippen molar-refractivity contribution in [2.75, 3.05) is 0 Å². The second-order valence-corrected chi connectivity index (χ2v) is 11.2. The Labute approximate surface area is 156 Å². The van der Waals surface area contributed by atoms with Gasteiger partial charge in [-0.1, -0.05) is 40.5 Å². The van der Waals surface area contributed by atoms with Crippen LogP contribution in [0, 0.1) is 46.3 Å². The highest BCUT2D eigenvalue weighted by Crippen LogP contribution is 2.68. The minimum absolute atomic E-state index is 0.495. The summed E-state index contributed by atoms with van der Waals surface area (Å²) in [6.45, 7) is 10.3. The summed E-state index contributed by atoms with van der Waals surface area (Å²) in [7, 11) is 0. The third-order valence-electron chi connectivity index (χ3n) is 10.2. The second kappa shape index (κ2) is 6.54. The molecule has 4 fully saturated rings. The fraction of sp³-hybridized carbons (Fsp3) is 1.00. The first-order valence-electron chi connectivity index (χ1n) is 11.7. The maximum atomic E-state index is 6.36. The molecule has 0 aromatic rings. The molecule has 25 heavy (non-hydrogen) atoms. The van der Waals surface area contributed by atoms with Gasteiger partial charge in [-0.2, -0.15) is 0 Å². The zero-order valence-corrected chi connectivity index (χ0v) is 17.4. The van der Waals surface area contributed by atoms with Crippen LogP contribution in [0.2, 0.25) is 0 Å². The number of hydrogen-bond donors (Lipinski definition) is 1. The summed E-state index contributed by atoms with van der Waals surface area (Å²) >= 11 is 0. The Morgan fingerprint density at radius 2 is 1.64 bits per heavy atom. The number of hydrogen-bond acceptors (Lipinski definition) is 1. The van der Waals surface area contributed by atoms with Gasteiger partial charge in [-0.05, 0) is 104 Å². The normalized spacial score (nSPS) is 53.6. The molecule has 1 heteroatoms. The molecular formula is C24H43N. The van der Waals surface area contributed by atoms with Crippen LogP contribution in [0.15, 0.2) is 0 Å². The summed E-state index contributed by atoms with van der Waals surface area (Å²) in [4.78, 5) is 0. The van der Waals surface area contributed by atoms with Crippen LogP contribution in [0.25, 0.3) is 0 Å². The average Bonchev–Trinajstić information content (AvgIpc) is 2.93. The maximum Gasteiger partial charge on any atom is 0.00418 e. The van der Waals surface area contributed by atoms with E-state index in [2.05, 4.69) is 27.7 Å². The molecule has 0 spiro atoms. The first-order valence-corrected chi connectivity index (χ1v) is 11.7. The Bertz CT molecular complexity index is 486. The standard InChI is InChI=1S/C24H43N/c1-5-6-16(2)20-9-10-21-19-8-7-17-15-18(25)11-13-23(17,3)22(19)12-14-24(20,21)4/h16-22H,5-15,25H2,1-4H3/t16-,17?,18?,19?,20-,21?,22?,23+,24-/m1/s1. The predicted molar refractivity (Wildman–Crippen MR) is 107 cm³/mol. The lowest BCUT2D eigenvalue weighted by Gasteiger charge is -2.61. The van der Waals surface area contributed by atoms with Crippen molar-refractivity contribution in [3.8, 4) is 0 Å². The molecule has 0 heterocycles. The van der Waals surface area contributed by atoms with Gasteiger partial charge < -0.3 is 5.73 Å². The molecule has 0 aromatic carbocycles. The van der Waals surface area contributed by atoms with Crippen LogP contribution in [-0.4, -0.2) is 6.04 Å². The molecule has 9 atom stereocenters. The van der Waals surface area contributed by atoms with Crippen molar-refractivity contribution < 1.29 is 0 Å². The van der Waals surface area contributed by atoms with Crippen LogP contribution in [-0.2, 0) is 0 Å². The van der Waals surface area contributed by atoms with E-state index >= 15 is 0 Å². The summed E-state index contributed by atoms with van der Waals surface area (Å²) in [5.74, 6) is 5.95. The van der Waals surface area contributed by atoms with Crippen molar-refractivity contribution in [3.63, 3.8) is 0 Å². The van der Waals surface area contributed by atoms with Crippen molar-refractivity contribution in [2.24, 2.45) is 52.1 Å². The molecule has 4 rings (SSSR count). The Balaban J connectivity index is 1.56. The fourth-order valence-electron chi connectivity index (χ4n) is 8.92. The highest BCUT2D eigenvalue weighted by molar-refractivity contribution is 5.09. The number of fused-ring (bicyclic) bond motifs is 5. The zero-order valence-electron chi connectivity index (χ0n) is 17.4. The minimum Gasteiger partial charge on any atom is -0.328 e. The van der Waals surface area contributed by atoms with Crippen LogP contribution < -0.4 is 5.73 Å². The van der Waals surface area contributed by atoms with Crippen LogP contribution in [0.3, 0.4) is 0 Å². The monoisotopic (exact) mass is 345 g/mol. The molecule has 4 aliphatic carbocycles. The quantitative estimate of drug-likeness (QED) is 0.628. The third-order valence-corrected chi connectivity index (χ3v) is 10.2. The van der Waals surface area contributed by atoms with Crippen molar-refractivity contribution in [1.82, 2.24) is 0 Å². The van der Waals surface area contributed by atoms with E-state index in [9.17, 15) is 0 Å². The van der Waals surface area contributed by atoms with E-state index in [0.29, 0.717) is 16.9 Å². The lowest BCUT2D eigenvalue weighted by Crippen LogP contribution is -2.54. The zero-order chi connectivity index (χ0) is 17.8. The lowest BCUT2D eigenvalue weighted by molar-refractivity contribution is -0.116. The molecule has 5 unspecified atom stereocenters. The third kappa shape index (κ3) is 2.74. The van der Waals surface area contributed by atoms with E-state index in [1.807, 2.05) is 0 Å². The molecule has 0 radical (unpaired) electrons. The predicted octanol–water partition coefficient (Wildman–Crippen LogP) is 6.41. The Kier molecular flexibility index (Phi) is 4.79. The van der Waals surface area contributed by atoms with Gasteiger partial charge in [-0.15, -0.1) is 0 Å². The van der Waals surface area contributed by atoms with Crippen molar-refractivity contribution in [1.29, 1.82) is 0 Å². The van der Waals surface area contributed by atoms with Crippen LogP contribution in [0.1, 0.15) is 98.3 Å². The minimum atomic E-state index is 0.495. The summed E-state index contributed by atoms with van der Waals surface area (Å²) < 4.78 is 0. The van der Waals surface area contributed by atoms with E-state index in [1.54, 1.807) is 0 Å². The first kappa shape index (κ1) is 18.3. The number of nitrogens with two attached hydrogens (primary N) is 1. The van der Waals surface area contributed by atoms with Gasteiger partial charge in [0.15, 0.2) is 0 Å². The molecule has 0 aromatic heterocycles. The molecule has 4 saturated carbocycles. The van der Waals surface area contributed by atoms with E-state index in [0.717, 1.165) is 35.5 Å². The Morgan fingerprint density at radius 1 is 0.920 bits per heavy atom. The van der Waals surface area contributed by atoms with Gasteiger partial charge in [0.2, 0.25) is 0 Å². The van der Waals surface area contributed by atoms with Crippen molar-refractivity contribution in [3.05, 3.63) is 0 Å². The van der Waals surface area contributed by atoms with E-state index in [-0.39, 0.29) is 0 Å². The smallest absolute Gasteiger partial charge is 0.00418 e.